The molecule has 0 N–H and O–H groups in total. The molecule has 3 rings (SSSR count). The lowest BCUT2D eigenvalue weighted by molar-refractivity contribution is -0.137. The monoisotopic (exact) mass is 309 g/mol. The quantitative estimate of drug-likeness (QED) is 0.751. The molecule has 1 aromatic rings. The van der Waals surface area contributed by atoms with Crippen molar-refractivity contribution in [2.45, 2.75) is 18.0 Å². The lowest BCUT2D eigenvalue weighted by Crippen LogP contribution is -2.23. The first kappa shape index (κ1) is 13.5. The zero-order valence-corrected chi connectivity index (χ0v) is 11.7. The van der Waals surface area contributed by atoms with Crippen LogP contribution in [0.3, 0.4) is 0 Å². The number of rotatable bonds is 1. The average molecular weight is 310 g/mol. The number of alkyl halides is 3. The second-order valence-corrected chi connectivity index (χ2v) is 6.32. The zero-order valence-electron chi connectivity index (χ0n) is 10.2. The molecule has 0 amide bonds. The van der Waals surface area contributed by atoms with Crippen molar-refractivity contribution >= 4 is 23.2 Å². The Morgan fingerprint density at radius 2 is 2.00 bits per heavy atom. The molecule has 0 unspecified atom stereocenters. The first-order chi connectivity index (χ1) is 8.75. The van der Waals surface area contributed by atoms with E-state index in [0.29, 0.717) is 11.5 Å². The molecule has 1 saturated heterocycles. The lowest BCUT2D eigenvalue weighted by Gasteiger charge is -2.21. The molecule has 0 radical (unpaired) electrons. The molecule has 2 atom stereocenters. The van der Waals surface area contributed by atoms with Gasteiger partial charge in [-0.25, -0.2) is 0 Å². The average Bonchev–Trinajstić information content (AvgIpc) is 2.79. The normalized spacial score (nSPS) is 30.5. The van der Waals surface area contributed by atoms with Crippen LogP contribution in [0.1, 0.15) is 17.5 Å². The first-order valence-corrected chi connectivity index (χ1v) is 6.75. The van der Waals surface area contributed by atoms with Gasteiger partial charge >= 0.3 is 6.18 Å². The van der Waals surface area contributed by atoms with Gasteiger partial charge in [0.15, 0.2) is 0 Å². The Balaban J connectivity index is 2.10. The van der Waals surface area contributed by atoms with Crippen molar-refractivity contribution in [2.24, 2.45) is 5.92 Å². The molecule has 1 heterocycles. The van der Waals surface area contributed by atoms with Gasteiger partial charge in [0, 0.05) is 18.5 Å². The van der Waals surface area contributed by atoms with Crippen molar-refractivity contribution < 1.29 is 13.2 Å². The summed E-state index contributed by atoms with van der Waals surface area (Å²) < 4.78 is 39.0. The number of nitrogens with zero attached hydrogens (tertiary/aromatic N) is 1. The van der Waals surface area contributed by atoms with Gasteiger partial charge in [0.05, 0.1) is 15.6 Å². The van der Waals surface area contributed by atoms with E-state index in [4.69, 9.17) is 23.2 Å². The lowest BCUT2D eigenvalue weighted by atomic mass is 9.93. The number of benzene rings is 1. The largest absolute Gasteiger partial charge is 0.419 e. The van der Waals surface area contributed by atoms with Crippen LogP contribution in [0.15, 0.2) is 12.1 Å². The molecule has 1 aromatic carbocycles. The molecule has 1 saturated carbocycles. The Kier molecular flexibility index (Phi) is 2.87. The number of hydrogen-bond donors (Lipinski definition) is 0. The summed E-state index contributed by atoms with van der Waals surface area (Å²) in [5.41, 5.74) is -0.501. The molecule has 0 spiro atoms. The summed E-state index contributed by atoms with van der Waals surface area (Å²) in [6.45, 7) is 1.68. The smallest absolute Gasteiger partial charge is 0.305 e. The van der Waals surface area contributed by atoms with Crippen molar-refractivity contribution in [3.8, 4) is 0 Å². The van der Waals surface area contributed by atoms with Crippen LogP contribution >= 0.6 is 23.2 Å². The maximum atomic E-state index is 13.0. The number of likely N-dealkylation sites (N-methyl/N-ethyl adjacent to an activating group) is 1. The van der Waals surface area contributed by atoms with E-state index in [1.54, 1.807) is 6.07 Å². The van der Waals surface area contributed by atoms with Gasteiger partial charge in [0.1, 0.15) is 0 Å². The van der Waals surface area contributed by atoms with Crippen LogP contribution in [0.5, 0.6) is 0 Å². The molecule has 6 heteroatoms. The molecule has 1 aliphatic carbocycles. The van der Waals surface area contributed by atoms with Gasteiger partial charge in [0.2, 0.25) is 0 Å². The van der Waals surface area contributed by atoms with Crippen LogP contribution in [0.25, 0.3) is 0 Å². The summed E-state index contributed by atoms with van der Waals surface area (Å²) in [7, 11) is 1.97. The van der Waals surface area contributed by atoms with Crippen molar-refractivity contribution in [2.75, 3.05) is 20.1 Å². The van der Waals surface area contributed by atoms with E-state index >= 15 is 0 Å². The topological polar surface area (TPSA) is 3.24 Å². The summed E-state index contributed by atoms with van der Waals surface area (Å²) in [4.78, 5) is 2.13. The van der Waals surface area contributed by atoms with E-state index in [1.807, 2.05) is 7.05 Å². The molecule has 2 aliphatic rings. The van der Waals surface area contributed by atoms with E-state index < -0.39 is 11.7 Å². The minimum atomic E-state index is -4.52. The Morgan fingerprint density at radius 1 is 1.32 bits per heavy atom. The van der Waals surface area contributed by atoms with E-state index in [9.17, 15) is 13.2 Å². The number of halogens is 5. The molecule has 0 aromatic heterocycles. The van der Waals surface area contributed by atoms with Crippen LogP contribution in [0.4, 0.5) is 13.2 Å². The van der Waals surface area contributed by atoms with Crippen LogP contribution in [-0.4, -0.2) is 25.0 Å². The minimum Gasteiger partial charge on any atom is -0.305 e. The van der Waals surface area contributed by atoms with E-state index in [-0.39, 0.29) is 15.5 Å². The fraction of sp³-hybridized carbons (Fsp3) is 0.538. The number of hydrogen-bond acceptors (Lipinski definition) is 1. The van der Waals surface area contributed by atoms with Crippen LogP contribution in [0, 0.1) is 5.92 Å². The summed E-state index contributed by atoms with van der Waals surface area (Å²) in [6, 6.07) is 2.97. The summed E-state index contributed by atoms with van der Waals surface area (Å²) in [5.74, 6) is 0.414. The van der Waals surface area contributed by atoms with Gasteiger partial charge in [-0.2, -0.15) is 13.2 Å². The fourth-order valence-electron chi connectivity index (χ4n) is 3.35. The van der Waals surface area contributed by atoms with Gasteiger partial charge in [-0.05, 0) is 31.0 Å². The first-order valence-electron chi connectivity index (χ1n) is 6.00. The van der Waals surface area contributed by atoms with Crippen LogP contribution in [0.2, 0.25) is 10.0 Å². The number of likely N-dealkylation sites (tertiary alicyclic amines) is 1. The third kappa shape index (κ3) is 1.96. The molecule has 104 valence electrons. The Bertz CT molecular complexity index is 543. The van der Waals surface area contributed by atoms with Gasteiger partial charge < -0.3 is 4.90 Å². The molecule has 0 bridgehead atoms. The third-order valence-corrected chi connectivity index (χ3v) is 4.93. The van der Waals surface area contributed by atoms with E-state index in [2.05, 4.69) is 4.90 Å². The molecule has 2 fully saturated rings. The van der Waals surface area contributed by atoms with Crippen molar-refractivity contribution in [3.05, 3.63) is 33.3 Å². The standard InChI is InChI=1S/C13H12Cl2F3N/c1-19-5-7-4-12(7,6-19)8-2-3-9(14)10(11(8)15)13(16,17)18/h2-3,7H,4-6H2,1H3/t7-,12-/m0/s1. The highest BCUT2D eigenvalue weighted by molar-refractivity contribution is 6.36. The van der Waals surface area contributed by atoms with Crippen molar-refractivity contribution in [1.29, 1.82) is 0 Å². The molecular formula is C13H12Cl2F3N. The summed E-state index contributed by atoms with van der Waals surface area (Å²) in [5, 5.41) is -0.556. The maximum Gasteiger partial charge on any atom is 0.419 e. The highest BCUT2D eigenvalue weighted by atomic mass is 35.5. The number of fused-ring (bicyclic) bond motifs is 1. The summed E-state index contributed by atoms with van der Waals surface area (Å²) >= 11 is 11.7. The maximum absolute atomic E-state index is 13.0. The predicted octanol–water partition coefficient (Wildman–Crippen LogP) is 4.22. The Labute approximate surface area is 119 Å². The highest BCUT2D eigenvalue weighted by Gasteiger charge is 2.61. The second kappa shape index (κ2) is 4.03. The molecule has 1 aliphatic heterocycles. The van der Waals surface area contributed by atoms with Crippen molar-refractivity contribution in [1.82, 2.24) is 4.90 Å². The molecular weight excluding hydrogens is 298 g/mol. The molecule has 1 nitrogen and oxygen atoms in total. The predicted molar refractivity (Wildman–Crippen MR) is 68.7 cm³/mol. The second-order valence-electron chi connectivity index (χ2n) is 5.54. The third-order valence-electron chi connectivity index (χ3n) is 4.23. The Hall–Kier alpha value is -0.450. The van der Waals surface area contributed by atoms with E-state index in [0.717, 1.165) is 19.5 Å². The van der Waals surface area contributed by atoms with Gasteiger partial charge in [0.25, 0.3) is 0 Å². The zero-order chi connectivity index (χ0) is 14.0. The highest BCUT2D eigenvalue weighted by Crippen LogP contribution is 2.61. The van der Waals surface area contributed by atoms with Gasteiger partial charge in [-0.3, -0.25) is 0 Å². The minimum absolute atomic E-state index is 0.198. The Morgan fingerprint density at radius 3 is 2.53 bits per heavy atom. The van der Waals surface area contributed by atoms with Crippen LogP contribution < -0.4 is 0 Å². The number of piperidine rings is 1. The van der Waals surface area contributed by atoms with Gasteiger partial charge in [-0.1, -0.05) is 29.3 Å². The summed E-state index contributed by atoms with van der Waals surface area (Å²) in [6.07, 6.45) is -3.61. The van der Waals surface area contributed by atoms with Crippen molar-refractivity contribution in [3.63, 3.8) is 0 Å². The van der Waals surface area contributed by atoms with E-state index in [1.165, 1.54) is 6.07 Å². The SMILES string of the molecule is CN1C[C@@H]2C[C@]2(c2ccc(Cl)c(C(F)(F)F)c2Cl)C1. The molecule has 19 heavy (non-hydrogen) atoms. The van der Waals surface area contributed by atoms with Crippen LogP contribution in [-0.2, 0) is 11.6 Å². The van der Waals surface area contributed by atoms with Gasteiger partial charge in [-0.15, -0.1) is 0 Å². The fourth-order valence-corrected chi connectivity index (χ4v) is 4.12.